The first-order valence-corrected chi connectivity index (χ1v) is 6.60. The van der Waals surface area contributed by atoms with Crippen LogP contribution in [0.2, 0.25) is 0 Å². The van der Waals surface area contributed by atoms with Gasteiger partial charge in [-0.15, -0.1) is 0 Å². The summed E-state index contributed by atoms with van der Waals surface area (Å²) in [5.74, 6) is 0.478. The predicted molar refractivity (Wildman–Crippen MR) is 77.7 cm³/mol. The van der Waals surface area contributed by atoms with Crippen molar-refractivity contribution in [2.75, 3.05) is 0 Å². The minimum absolute atomic E-state index is 0.0543. The molecule has 1 atom stereocenters. The van der Waals surface area contributed by atoms with Gasteiger partial charge in [-0.25, -0.2) is 0 Å². The molecular formula is C15H18N2O4. The van der Waals surface area contributed by atoms with Crippen molar-refractivity contribution in [3.05, 3.63) is 64.1 Å². The Kier molecular flexibility index (Phi) is 4.40. The number of hydrogen-bond acceptors (Lipinski definition) is 5. The Bertz CT molecular complexity index is 608. The third-order valence-corrected chi connectivity index (χ3v) is 3.37. The molecule has 2 aromatic rings. The SMILES string of the molecule is CC(C)(NCc1cccc([N+](=O)[O-])c1)C(O)c1ccco1. The normalized spacial score (nSPS) is 13.1. The van der Waals surface area contributed by atoms with Gasteiger partial charge in [-0.05, 0) is 31.5 Å². The van der Waals surface area contributed by atoms with Crippen LogP contribution in [0.5, 0.6) is 0 Å². The van der Waals surface area contributed by atoms with Crippen molar-refractivity contribution in [2.45, 2.75) is 32.0 Å². The molecule has 1 aromatic heterocycles. The number of aliphatic hydroxyl groups excluding tert-OH is 1. The summed E-state index contributed by atoms with van der Waals surface area (Å²) in [6, 6.07) is 9.84. The van der Waals surface area contributed by atoms with Crippen LogP contribution in [0.3, 0.4) is 0 Å². The quantitative estimate of drug-likeness (QED) is 0.631. The molecule has 0 bridgehead atoms. The Morgan fingerprint density at radius 2 is 2.14 bits per heavy atom. The maximum atomic E-state index is 10.8. The number of nitro groups is 1. The van der Waals surface area contributed by atoms with E-state index in [0.717, 1.165) is 5.56 Å². The van der Waals surface area contributed by atoms with E-state index in [9.17, 15) is 15.2 Å². The molecule has 1 aromatic carbocycles. The molecule has 1 heterocycles. The van der Waals surface area contributed by atoms with Crippen LogP contribution in [0, 0.1) is 10.1 Å². The lowest BCUT2D eigenvalue weighted by molar-refractivity contribution is -0.384. The van der Waals surface area contributed by atoms with E-state index in [-0.39, 0.29) is 5.69 Å². The molecule has 0 fully saturated rings. The van der Waals surface area contributed by atoms with E-state index in [1.54, 1.807) is 24.3 Å². The summed E-state index contributed by atoms with van der Waals surface area (Å²) < 4.78 is 5.20. The van der Waals surface area contributed by atoms with Crippen molar-refractivity contribution in [1.82, 2.24) is 5.32 Å². The first kappa shape index (κ1) is 15.2. The number of benzene rings is 1. The standard InChI is InChI=1S/C15H18N2O4/c1-15(2,14(18)13-7-4-8-21-13)16-10-11-5-3-6-12(9-11)17(19)20/h3-9,14,16,18H,10H2,1-2H3. The third-order valence-electron chi connectivity index (χ3n) is 3.37. The highest BCUT2D eigenvalue weighted by molar-refractivity contribution is 5.34. The number of non-ortho nitro benzene ring substituents is 1. The van der Waals surface area contributed by atoms with E-state index in [4.69, 9.17) is 4.42 Å². The van der Waals surface area contributed by atoms with Crippen LogP contribution in [0.15, 0.2) is 47.1 Å². The fraction of sp³-hybridized carbons (Fsp3) is 0.333. The molecule has 1 unspecified atom stereocenters. The molecule has 0 aliphatic heterocycles. The third kappa shape index (κ3) is 3.68. The molecular weight excluding hydrogens is 272 g/mol. The van der Waals surface area contributed by atoms with Gasteiger partial charge in [-0.1, -0.05) is 12.1 Å². The monoisotopic (exact) mass is 290 g/mol. The van der Waals surface area contributed by atoms with E-state index < -0.39 is 16.6 Å². The van der Waals surface area contributed by atoms with Gasteiger partial charge in [0, 0.05) is 24.2 Å². The molecule has 0 radical (unpaired) electrons. The fourth-order valence-electron chi connectivity index (χ4n) is 2.01. The lowest BCUT2D eigenvalue weighted by Crippen LogP contribution is -2.44. The van der Waals surface area contributed by atoms with Crippen LogP contribution in [0.4, 0.5) is 5.69 Å². The van der Waals surface area contributed by atoms with Gasteiger partial charge < -0.3 is 14.8 Å². The number of nitro benzene ring substituents is 1. The summed E-state index contributed by atoms with van der Waals surface area (Å²) in [7, 11) is 0. The summed E-state index contributed by atoms with van der Waals surface area (Å²) in [5.41, 5.74) is 0.199. The molecule has 6 heteroatoms. The molecule has 0 aliphatic rings. The van der Waals surface area contributed by atoms with Crippen molar-refractivity contribution in [2.24, 2.45) is 0 Å². The van der Waals surface area contributed by atoms with Gasteiger partial charge in [-0.3, -0.25) is 10.1 Å². The van der Waals surface area contributed by atoms with Crippen molar-refractivity contribution >= 4 is 5.69 Å². The molecule has 112 valence electrons. The van der Waals surface area contributed by atoms with Crippen molar-refractivity contribution in [3.63, 3.8) is 0 Å². The second kappa shape index (κ2) is 6.07. The van der Waals surface area contributed by atoms with E-state index in [0.29, 0.717) is 12.3 Å². The lowest BCUT2D eigenvalue weighted by Gasteiger charge is -2.30. The molecule has 2 rings (SSSR count). The summed E-state index contributed by atoms with van der Waals surface area (Å²) in [6.07, 6.45) is 0.695. The lowest BCUT2D eigenvalue weighted by atomic mass is 9.95. The minimum atomic E-state index is -0.814. The maximum absolute atomic E-state index is 10.8. The summed E-state index contributed by atoms with van der Waals surface area (Å²) >= 11 is 0. The second-order valence-corrected chi connectivity index (χ2v) is 5.42. The Morgan fingerprint density at radius 1 is 1.38 bits per heavy atom. The van der Waals surface area contributed by atoms with Crippen molar-refractivity contribution in [3.8, 4) is 0 Å². The summed E-state index contributed by atoms with van der Waals surface area (Å²) in [6.45, 7) is 4.10. The van der Waals surface area contributed by atoms with Gasteiger partial charge in [-0.2, -0.15) is 0 Å². The van der Waals surface area contributed by atoms with Gasteiger partial charge in [0.15, 0.2) is 0 Å². The number of rotatable bonds is 6. The molecule has 21 heavy (non-hydrogen) atoms. The second-order valence-electron chi connectivity index (χ2n) is 5.42. The Hall–Kier alpha value is -2.18. The van der Waals surface area contributed by atoms with E-state index >= 15 is 0 Å². The number of nitrogens with one attached hydrogen (secondary N) is 1. The first-order chi connectivity index (χ1) is 9.90. The number of aliphatic hydroxyl groups is 1. The van der Waals surface area contributed by atoms with Gasteiger partial charge in [0.1, 0.15) is 11.9 Å². The molecule has 0 saturated heterocycles. The summed E-state index contributed by atoms with van der Waals surface area (Å²) in [4.78, 5) is 10.3. The van der Waals surface area contributed by atoms with Crippen LogP contribution < -0.4 is 5.32 Å². The maximum Gasteiger partial charge on any atom is 0.269 e. The zero-order valence-corrected chi connectivity index (χ0v) is 11.9. The Labute approximate surface area is 122 Å². The van der Waals surface area contributed by atoms with Crippen LogP contribution >= 0.6 is 0 Å². The average Bonchev–Trinajstić information content (AvgIpc) is 2.98. The largest absolute Gasteiger partial charge is 0.467 e. The van der Waals surface area contributed by atoms with Crippen LogP contribution in [0.25, 0.3) is 0 Å². The van der Waals surface area contributed by atoms with Crippen molar-refractivity contribution < 1.29 is 14.4 Å². The van der Waals surface area contributed by atoms with Crippen LogP contribution in [0.1, 0.15) is 31.3 Å². The fourth-order valence-corrected chi connectivity index (χ4v) is 2.01. The van der Waals surface area contributed by atoms with Gasteiger partial charge in [0.05, 0.1) is 11.2 Å². The number of hydrogen-bond donors (Lipinski definition) is 2. The highest BCUT2D eigenvalue weighted by Gasteiger charge is 2.30. The molecule has 0 spiro atoms. The molecule has 6 nitrogen and oxygen atoms in total. The Balaban J connectivity index is 2.04. The topological polar surface area (TPSA) is 88.5 Å². The van der Waals surface area contributed by atoms with Gasteiger partial charge in [0.2, 0.25) is 0 Å². The molecule has 0 aliphatic carbocycles. The summed E-state index contributed by atoms with van der Waals surface area (Å²) in [5, 5.41) is 24.2. The first-order valence-electron chi connectivity index (χ1n) is 6.60. The average molecular weight is 290 g/mol. The van der Waals surface area contributed by atoms with E-state index in [2.05, 4.69) is 5.32 Å². The van der Waals surface area contributed by atoms with Crippen LogP contribution in [-0.2, 0) is 6.54 Å². The number of furan rings is 1. The molecule has 2 N–H and O–H groups in total. The van der Waals surface area contributed by atoms with Gasteiger partial charge in [0.25, 0.3) is 5.69 Å². The predicted octanol–water partition coefficient (Wildman–Crippen LogP) is 2.79. The van der Waals surface area contributed by atoms with Crippen molar-refractivity contribution in [1.29, 1.82) is 0 Å². The van der Waals surface area contributed by atoms with E-state index in [1.807, 2.05) is 13.8 Å². The Morgan fingerprint density at radius 3 is 2.76 bits per heavy atom. The van der Waals surface area contributed by atoms with Crippen LogP contribution in [-0.4, -0.2) is 15.6 Å². The highest BCUT2D eigenvalue weighted by atomic mass is 16.6. The van der Waals surface area contributed by atoms with E-state index in [1.165, 1.54) is 18.4 Å². The zero-order chi connectivity index (χ0) is 15.5. The smallest absolute Gasteiger partial charge is 0.269 e. The highest BCUT2D eigenvalue weighted by Crippen LogP contribution is 2.26. The number of nitrogens with zero attached hydrogens (tertiary/aromatic N) is 1. The minimum Gasteiger partial charge on any atom is -0.467 e. The zero-order valence-electron chi connectivity index (χ0n) is 11.9. The molecule has 0 saturated carbocycles. The molecule has 0 amide bonds. The van der Waals surface area contributed by atoms with Gasteiger partial charge >= 0.3 is 0 Å².